The third-order valence-electron chi connectivity index (χ3n) is 4.88. The van der Waals surface area contributed by atoms with Gasteiger partial charge in [0.1, 0.15) is 0 Å². The highest BCUT2D eigenvalue weighted by Gasteiger charge is 2.20. The molecule has 0 saturated heterocycles. The van der Waals surface area contributed by atoms with Crippen LogP contribution in [0.5, 0.6) is 5.75 Å². The molecule has 0 aliphatic heterocycles. The van der Waals surface area contributed by atoms with E-state index in [0.717, 1.165) is 5.56 Å². The van der Waals surface area contributed by atoms with E-state index in [4.69, 9.17) is 4.74 Å². The zero-order chi connectivity index (χ0) is 24.7. The zero-order valence-electron chi connectivity index (χ0n) is 18.5. The summed E-state index contributed by atoms with van der Waals surface area (Å²) >= 11 is 0. The number of nitrogens with one attached hydrogen (secondary N) is 3. The highest BCUT2D eigenvalue weighted by molar-refractivity contribution is 7.89. The lowest BCUT2D eigenvalue weighted by molar-refractivity contribution is -0.128. The third kappa shape index (κ3) is 6.40. The lowest BCUT2D eigenvalue weighted by Crippen LogP contribution is -2.47. The Morgan fingerprint density at radius 3 is 2.35 bits per heavy atom. The second-order valence-electron chi connectivity index (χ2n) is 7.42. The van der Waals surface area contributed by atoms with Crippen LogP contribution in [0.4, 0.5) is 4.39 Å². The van der Waals surface area contributed by atoms with E-state index in [1.165, 1.54) is 43.3 Å². The van der Waals surface area contributed by atoms with Gasteiger partial charge in [-0.3, -0.25) is 20.4 Å². The molecule has 0 aromatic heterocycles. The van der Waals surface area contributed by atoms with Crippen LogP contribution >= 0.6 is 0 Å². The summed E-state index contributed by atoms with van der Waals surface area (Å²) < 4.78 is 46.8. The van der Waals surface area contributed by atoms with Gasteiger partial charge in [-0.15, -0.1) is 0 Å². The van der Waals surface area contributed by atoms with E-state index in [1.807, 2.05) is 6.07 Å². The number of hydrogen-bond donors (Lipinski definition) is 3. The van der Waals surface area contributed by atoms with Crippen molar-refractivity contribution in [2.24, 2.45) is 0 Å². The Morgan fingerprint density at radius 2 is 1.65 bits per heavy atom. The molecular formula is C24H24FN3O5S. The van der Waals surface area contributed by atoms with Crippen molar-refractivity contribution in [3.05, 3.63) is 95.3 Å². The molecule has 1 atom stereocenters. The molecule has 0 aliphatic rings. The molecular weight excluding hydrogens is 461 g/mol. The lowest BCUT2D eigenvalue weighted by atomic mass is 10.1. The topological polar surface area (TPSA) is 114 Å². The first-order chi connectivity index (χ1) is 16.2. The van der Waals surface area contributed by atoms with E-state index in [9.17, 15) is 22.4 Å². The Bertz CT molecular complexity index is 1280. The number of carbonyl (C=O) groups is 2. The lowest BCUT2D eigenvalue weighted by Gasteiger charge is -2.16. The van der Waals surface area contributed by atoms with Crippen molar-refractivity contribution in [2.75, 3.05) is 0 Å². The summed E-state index contributed by atoms with van der Waals surface area (Å²) in [6, 6.07) is 18.7. The van der Waals surface area contributed by atoms with E-state index < -0.39 is 33.8 Å². The van der Waals surface area contributed by atoms with Gasteiger partial charge in [0.15, 0.2) is 17.7 Å². The molecule has 0 saturated carbocycles. The molecule has 0 fully saturated rings. The van der Waals surface area contributed by atoms with Crippen LogP contribution in [0.25, 0.3) is 0 Å². The SMILES string of the molecule is Cc1ccc(S(=O)(=O)NCc2ccccc2)cc1C(=O)NNC(=O)C(C)Oc1ccccc1F. The molecule has 3 rings (SSSR count). The molecule has 178 valence electrons. The van der Waals surface area contributed by atoms with Gasteiger partial charge in [0.2, 0.25) is 10.0 Å². The summed E-state index contributed by atoms with van der Waals surface area (Å²) in [6.45, 7) is 3.12. The van der Waals surface area contributed by atoms with Gasteiger partial charge in [0, 0.05) is 12.1 Å². The van der Waals surface area contributed by atoms with Gasteiger partial charge in [-0.25, -0.2) is 17.5 Å². The van der Waals surface area contributed by atoms with E-state index in [-0.39, 0.29) is 22.8 Å². The van der Waals surface area contributed by atoms with Crippen LogP contribution in [0, 0.1) is 12.7 Å². The van der Waals surface area contributed by atoms with Crippen LogP contribution in [0.3, 0.4) is 0 Å². The molecule has 34 heavy (non-hydrogen) atoms. The molecule has 0 aliphatic carbocycles. The van der Waals surface area contributed by atoms with Crippen LogP contribution in [0.1, 0.15) is 28.4 Å². The van der Waals surface area contributed by atoms with E-state index in [2.05, 4.69) is 15.6 Å². The predicted molar refractivity (Wildman–Crippen MR) is 124 cm³/mol. The summed E-state index contributed by atoms with van der Waals surface area (Å²) in [5, 5.41) is 0. The van der Waals surface area contributed by atoms with E-state index >= 15 is 0 Å². The summed E-state index contributed by atoms with van der Waals surface area (Å²) in [5.74, 6) is -2.17. The fourth-order valence-corrected chi connectivity index (χ4v) is 3.99. The highest BCUT2D eigenvalue weighted by Crippen LogP contribution is 2.18. The number of halogens is 1. The van der Waals surface area contributed by atoms with Crippen molar-refractivity contribution in [1.82, 2.24) is 15.6 Å². The first kappa shape index (κ1) is 24.9. The van der Waals surface area contributed by atoms with Crippen LogP contribution in [-0.4, -0.2) is 26.3 Å². The van der Waals surface area contributed by atoms with Crippen molar-refractivity contribution in [2.45, 2.75) is 31.4 Å². The van der Waals surface area contributed by atoms with Crippen molar-refractivity contribution >= 4 is 21.8 Å². The molecule has 1 unspecified atom stereocenters. The number of hydrazine groups is 1. The molecule has 0 spiro atoms. The minimum absolute atomic E-state index is 0.0607. The van der Waals surface area contributed by atoms with Gasteiger partial charge in [-0.1, -0.05) is 48.5 Å². The van der Waals surface area contributed by atoms with E-state index in [1.54, 1.807) is 37.3 Å². The molecule has 3 aromatic carbocycles. The Balaban J connectivity index is 1.63. The molecule has 2 amide bonds. The average Bonchev–Trinajstić information content (AvgIpc) is 2.83. The minimum atomic E-state index is -3.89. The van der Waals surface area contributed by atoms with Crippen LogP contribution in [0.15, 0.2) is 77.7 Å². The zero-order valence-corrected chi connectivity index (χ0v) is 19.4. The minimum Gasteiger partial charge on any atom is -0.478 e. The number of rotatable bonds is 8. The Labute approximate surface area is 197 Å². The Hall–Kier alpha value is -3.76. The molecule has 10 heteroatoms. The van der Waals surface area contributed by atoms with Gasteiger partial charge < -0.3 is 4.74 Å². The Morgan fingerprint density at radius 1 is 0.971 bits per heavy atom. The number of benzene rings is 3. The second kappa shape index (κ2) is 10.9. The van der Waals surface area contributed by atoms with Gasteiger partial charge in [0.05, 0.1) is 4.90 Å². The van der Waals surface area contributed by atoms with Crippen molar-refractivity contribution in [3.8, 4) is 5.75 Å². The van der Waals surface area contributed by atoms with Crippen molar-refractivity contribution in [1.29, 1.82) is 0 Å². The Kier molecular flexibility index (Phi) is 7.98. The molecule has 0 radical (unpaired) electrons. The molecule has 3 aromatic rings. The number of carbonyl (C=O) groups excluding carboxylic acids is 2. The number of para-hydroxylation sites is 1. The first-order valence-corrected chi connectivity index (χ1v) is 11.8. The normalized spacial score (nSPS) is 12.0. The predicted octanol–water partition coefficient (Wildman–Crippen LogP) is 2.84. The highest BCUT2D eigenvalue weighted by atomic mass is 32.2. The standard InChI is InChI=1S/C24H24FN3O5S/c1-16-12-13-19(34(31,32)26-15-18-8-4-3-5-9-18)14-20(16)24(30)28-27-23(29)17(2)33-22-11-7-6-10-21(22)25/h3-14,17,26H,15H2,1-2H3,(H,27,29)(H,28,30). The van der Waals surface area contributed by atoms with Gasteiger partial charge in [-0.05, 0) is 49.2 Å². The fourth-order valence-electron chi connectivity index (χ4n) is 2.94. The monoisotopic (exact) mass is 485 g/mol. The maximum absolute atomic E-state index is 13.7. The third-order valence-corrected chi connectivity index (χ3v) is 6.28. The number of sulfonamides is 1. The molecule has 0 bridgehead atoms. The van der Waals surface area contributed by atoms with Gasteiger partial charge in [-0.2, -0.15) is 0 Å². The summed E-state index contributed by atoms with van der Waals surface area (Å²) in [5.41, 5.74) is 5.78. The molecule has 0 heterocycles. The maximum atomic E-state index is 13.7. The number of amides is 2. The van der Waals surface area contributed by atoms with Crippen LogP contribution in [0.2, 0.25) is 0 Å². The van der Waals surface area contributed by atoms with Crippen LogP contribution < -0.4 is 20.3 Å². The summed E-state index contributed by atoms with van der Waals surface area (Å²) in [4.78, 5) is 24.8. The van der Waals surface area contributed by atoms with Crippen molar-refractivity contribution < 1.29 is 27.1 Å². The summed E-state index contributed by atoms with van der Waals surface area (Å²) in [7, 11) is -3.89. The number of aryl methyl sites for hydroxylation is 1. The first-order valence-electron chi connectivity index (χ1n) is 10.3. The second-order valence-corrected chi connectivity index (χ2v) is 9.19. The van der Waals surface area contributed by atoms with Gasteiger partial charge in [0.25, 0.3) is 11.8 Å². The summed E-state index contributed by atoms with van der Waals surface area (Å²) in [6.07, 6.45) is -1.10. The average molecular weight is 486 g/mol. The fraction of sp³-hybridized carbons (Fsp3) is 0.167. The van der Waals surface area contributed by atoms with Crippen LogP contribution in [-0.2, 0) is 21.4 Å². The molecule has 3 N–H and O–H groups in total. The number of hydrogen-bond acceptors (Lipinski definition) is 5. The van der Waals surface area contributed by atoms with Gasteiger partial charge >= 0.3 is 0 Å². The van der Waals surface area contributed by atoms with Crippen molar-refractivity contribution in [3.63, 3.8) is 0 Å². The largest absolute Gasteiger partial charge is 0.478 e. The van der Waals surface area contributed by atoms with E-state index in [0.29, 0.717) is 5.56 Å². The number of ether oxygens (including phenoxy) is 1. The quantitative estimate of drug-likeness (QED) is 0.425. The smallest absolute Gasteiger partial charge is 0.279 e. The molecule has 8 nitrogen and oxygen atoms in total. The maximum Gasteiger partial charge on any atom is 0.279 e.